The maximum atomic E-state index is 12.5. The van der Waals surface area contributed by atoms with E-state index in [0.717, 1.165) is 18.7 Å². The van der Waals surface area contributed by atoms with Crippen molar-refractivity contribution in [3.05, 3.63) is 45.8 Å². The number of amides is 1. The molecule has 0 aliphatic rings. The van der Waals surface area contributed by atoms with E-state index in [1.54, 1.807) is 12.1 Å². The van der Waals surface area contributed by atoms with Gasteiger partial charge in [-0.2, -0.15) is 5.10 Å². The minimum atomic E-state index is -0.585. The van der Waals surface area contributed by atoms with Gasteiger partial charge in [-0.3, -0.25) is 19.6 Å². The van der Waals surface area contributed by atoms with Gasteiger partial charge in [0.25, 0.3) is 5.91 Å². The van der Waals surface area contributed by atoms with Crippen molar-refractivity contribution in [2.75, 3.05) is 17.2 Å². The van der Waals surface area contributed by atoms with Crippen LogP contribution in [0, 0.1) is 17.0 Å². The summed E-state index contributed by atoms with van der Waals surface area (Å²) in [4.78, 5) is 23.1. The molecule has 2 N–H and O–H groups in total. The molecular formula is C15H19N5O3. The molecule has 0 radical (unpaired) electrons. The molecule has 2 aromatic rings. The van der Waals surface area contributed by atoms with Gasteiger partial charge in [0.05, 0.1) is 16.3 Å². The molecule has 23 heavy (non-hydrogen) atoms. The highest BCUT2D eigenvalue weighted by Crippen LogP contribution is 2.26. The monoisotopic (exact) mass is 317 g/mol. The van der Waals surface area contributed by atoms with E-state index >= 15 is 0 Å². The minimum absolute atomic E-state index is 0.0715. The van der Waals surface area contributed by atoms with Gasteiger partial charge in [0.15, 0.2) is 0 Å². The quantitative estimate of drug-likeness (QED) is 0.630. The first-order valence-electron chi connectivity index (χ1n) is 7.28. The van der Waals surface area contributed by atoms with Crippen molar-refractivity contribution >= 4 is 23.0 Å². The normalized spacial score (nSPS) is 10.4. The summed E-state index contributed by atoms with van der Waals surface area (Å²) in [5, 5.41) is 21.1. The SMILES string of the molecule is CCCNc1ccccc1NC(=O)c1c([N+](=O)[O-])c(C)nn1C. The van der Waals surface area contributed by atoms with Gasteiger partial charge in [0.1, 0.15) is 5.69 Å². The van der Waals surface area contributed by atoms with Crippen LogP contribution in [0.5, 0.6) is 0 Å². The van der Waals surface area contributed by atoms with Gasteiger partial charge in [-0.25, -0.2) is 0 Å². The molecule has 122 valence electrons. The lowest BCUT2D eigenvalue weighted by atomic mass is 10.2. The molecule has 0 bridgehead atoms. The summed E-state index contributed by atoms with van der Waals surface area (Å²) >= 11 is 0. The first kappa shape index (κ1) is 16.5. The Hall–Kier alpha value is -2.90. The lowest BCUT2D eigenvalue weighted by molar-refractivity contribution is -0.385. The number of nitrogens with zero attached hydrogens (tertiary/aromatic N) is 3. The largest absolute Gasteiger partial charge is 0.383 e. The van der Waals surface area contributed by atoms with E-state index in [-0.39, 0.29) is 17.1 Å². The maximum Gasteiger partial charge on any atom is 0.322 e. The standard InChI is InChI=1S/C15H19N5O3/c1-4-9-16-11-7-5-6-8-12(11)17-15(21)14-13(20(22)23)10(2)18-19(14)3/h5-8,16H,4,9H2,1-3H3,(H,17,21). The minimum Gasteiger partial charge on any atom is -0.383 e. The van der Waals surface area contributed by atoms with Crippen molar-refractivity contribution in [2.45, 2.75) is 20.3 Å². The molecule has 8 heteroatoms. The number of hydrogen-bond donors (Lipinski definition) is 2. The number of aromatic nitrogens is 2. The molecule has 0 saturated heterocycles. The number of anilines is 2. The molecule has 0 aliphatic heterocycles. The number of nitro groups is 1. The second-order valence-electron chi connectivity index (χ2n) is 5.09. The van der Waals surface area contributed by atoms with E-state index in [4.69, 9.17) is 0 Å². The van der Waals surface area contributed by atoms with Crippen LogP contribution < -0.4 is 10.6 Å². The van der Waals surface area contributed by atoms with Gasteiger partial charge in [0.2, 0.25) is 5.69 Å². The Bertz CT molecular complexity index is 739. The molecule has 1 aromatic carbocycles. The molecule has 0 fully saturated rings. The van der Waals surface area contributed by atoms with Crippen LogP contribution in [-0.2, 0) is 7.05 Å². The number of rotatable bonds is 6. The van der Waals surface area contributed by atoms with Gasteiger partial charge < -0.3 is 10.6 Å². The Morgan fingerprint density at radius 2 is 2.00 bits per heavy atom. The fourth-order valence-corrected chi connectivity index (χ4v) is 2.31. The van der Waals surface area contributed by atoms with Gasteiger partial charge in [-0.1, -0.05) is 19.1 Å². The summed E-state index contributed by atoms with van der Waals surface area (Å²) in [6, 6.07) is 7.22. The third kappa shape index (κ3) is 3.47. The summed E-state index contributed by atoms with van der Waals surface area (Å²) in [5.41, 5.74) is 1.20. The average molecular weight is 317 g/mol. The molecule has 8 nitrogen and oxygen atoms in total. The highest BCUT2D eigenvalue weighted by molar-refractivity contribution is 6.07. The lowest BCUT2D eigenvalue weighted by Gasteiger charge is -2.12. The van der Waals surface area contributed by atoms with Crippen LogP contribution in [0.4, 0.5) is 17.1 Å². The van der Waals surface area contributed by atoms with Crippen molar-refractivity contribution in [3.63, 3.8) is 0 Å². The van der Waals surface area contributed by atoms with E-state index < -0.39 is 10.8 Å². The number of carbonyl (C=O) groups excluding carboxylic acids is 1. The number of benzene rings is 1. The second kappa shape index (κ2) is 6.91. The van der Waals surface area contributed by atoms with Crippen molar-refractivity contribution in [2.24, 2.45) is 7.05 Å². The first-order chi connectivity index (χ1) is 11.0. The highest BCUT2D eigenvalue weighted by Gasteiger charge is 2.29. The number of para-hydroxylation sites is 2. The van der Waals surface area contributed by atoms with Crippen LogP contribution in [-0.4, -0.2) is 27.2 Å². The zero-order chi connectivity index (χ0) is 17.0. The predicted molar refractivity (Wildman–Crippen MR) is 87.8 cm³/mol. The maximum absolute atomic E-state index is 12.5. The molecule has 0 atom stereocenters. The summed E-state index contributed by atoms with van der Waals surface area (Å²) < 4.78 is 1.23. The number of carbonyl (C=O) groups is 1. The number of hydrogen-bond acceptors (Lipinski definition) is 5. The zero-order valence-electron chi connectivity index (χ0n) is 13.3. The Morgan fingerprint density at radius 3 is 2.61 bits per heavy atom. The van der Waals surface area contributed by atoms with Crippen LogP contribution in [0.2, 0.25) is 0 Å². The van der Waals surface area contributed by atoms with Crippen LogP contribution in [0.15, 0.2) is 24.3 Å². The molecule has 2 rings (SSSR count). The zero-order valence-corrected chi connectivity index (χ0v) is 13.3. The Balaban J connectivity index is 2.32. The Labute approximate surface area is 133 Å². The van der Waals surface area contributed by atoms with Crippen LogP contribution in [0.25, 0.3) is 0 Å². The molecule has 1 amide bonds. The molecule has 1 aromatic heterocycles. The van der Waals surface area contributed by atoms with Crippen molar-refractivity contribution < 1.29 is 9.72 Å². The summed E-state index contributed by atoms with van der Waals surface area (Å²) in [5.74, 6) is -0.564. The summed E-state index contributed by atoms with van der Waals surface area (Å²) in [6.07, 6.45) is 0.939. The summed E-state index contributed by atoms with van der Waals surface area (Å²) in [7, 11) is 1.51. The molecule has 0 aliphatic carbocycles. The third-order valence-electron chi connectivity index (χ3n) is 3.33. The van der Waals surface area contributed by atoms with E-state index in [1.807, 2.05) is 19.1 Å². The molecule has 1 heterocycles. The van der Waals surface area contributed by atoms with Crippen molar-refractivity contribution in [1.82, 2.24) is 9.78 Å². The van der Waals surface area contributed by atoms with E-state index in [1.165, 1.54) is 18.7 Å². The topological polar surface area (TPSA) is 102 Å². The second-order valence-corrected chi connectivity index (χ2v) is 5.09. The highest BCUT2D eigenvalue weighted by atomic mass is 16.6. The Morgan fingerprint density at radius 1 is 1.35 bits per heavy atom. The molecular weight excluding hydrogens is 298 g/mol. The van der Waals surface area contributed by atoms with Gasteiger partial charge >= 0.3 is 5.69 Å². The van der Waals surface area contributed by atoms with Gasteiger partial charge in [0, 0.05) is 13.6 Å². The Kier molecular flexibility index (Phi) is 4.95. The van der Waals surface area contributed by atoms with Gasteiger partial charge in [-0.05, 0) is 25.5 Å². The number of nitrogens with one attached hydrogen (secondary N) is 2. The van der Waals surface area contributed by atoms with Crippen molar-refractivity contribution in [3.8, 4) is 0 Å². The molecule has 0 saturated carbocycles. The fraction of sp³-hybridized carbons (Fsp3) is 0.333. The number of aryl methyl sites for hydroxylation is 2. The van der Waals surface area contributed by atoms with Crippen LogP contribution in [0.1, 0.15) is 29.5 Å². The predicted octanol–water partition coefficient (Wildman–Crippen LogP) is 2.71. The molecule has 0 unspecified atom stereocenters. The fourth-order valence-electron chi connectivity index (χ4n) is 2.31. The third-order valence-corrected chi connectivity index (χ3v) is 3.33. The first-order valence-corrected chi connectivity index (χ1v) is 7.28. The van der Waals surface area contributed by atoms with Crippen LogP contribution >= 0.6 is 0 Å². The average Bonchev–Trinajstić information content (AvgIpc) is 2.81. The van der Waals surface area contributed by atoms with E-state index in [2.05, 4.69) is 15.7 Å². The summed E-state index contributed by atoms with van der Waals surface area (Å²) in [6.45, 7) is 4.31. The van der Waals surface area contributed by atoms with E-state index in [9.17, 15) is 14.9 Å². The van der Waals surface area contributed by atoms with Crippen LogP contribution in [0.3, 0.4) is 0 Å². The lowest BCUT2D eigenvalue weighted by Crippen LogP contribution is -2.18. The van der Waals surface area contributed by atoms with E-state index in [0.29, 0.717) is 5.69 Å². The van der Waals surface area contributed by atoms with Gasteiger partial charge in [-0.15, -0.1) is 0 Å². The smallest absolute Gasteiger partial charge is 0.322 e. The van der Waals surface area contributed by atoms with Crippen molar-refractivity contribution in [1.29, 1.82) is 0 Å². The molecule has 0 spiro atoms.